The largest absolute Gasteiger partial charge is 0.503 e. The van der Waals surface area contributed by atoms with Crippen molar-refractivity contribution in [1.82, 2.24) is 9.88 Å². The first-order valence-electron chi connectivity index (χ1n) is 9.85. The average Bonchev–Trinajstić information content (AvgIpc) is 2.74. The molecule has 0 amide bonds. The first-order valence-corrected chi connectivity index (χ1v) is 10.2. The number of hydrogen-bond donors (Lipinski definition) is 1. The topological polar surface area (TPSA) is 48.8 Å². The van der Waals surface area contributed by atoms with Crippen molar-refractivity contribution < 1.29 is 9.84 Å². The van der Waals surface area contributed by atoms with Gasteiger partial charge in [-0.05, 0) is 74.4 Å². The molecule has 1 aliphatic rings. The molecular weight excluding hydrogens is 386 g/mol. The van der Waals surface area contributed by atoms with Crippen molar-refractivity contribution in [3.63, 3.8) is 0 Å². The predicted octanol–water partition coefficient (Wildman–Crippen LogP) is 4.80. The molecule has 0 saturated carbocycles. The number of piperidine rings is 1. The third kappa shape index (κ3) is 3.85. The maximum Gasteiger partial charge on any atom is 0.176 e. The summed E-state index contributed by atoms with van der Waals surface area (Å²) in [5.74, 6) is 0.325. The average molecular weight is 412 g/mol. The number of halogens is 1. The minimum atomic E-state index is -0.0388. The molecule has 1 fully saturated rings. The molecule has 0 atom stereocenters. The Hall–Kier alpha value is -2.50. The highest BCUT2D eigenvalue weighted by Gasteiger charge is 2.22. The summed E-state index contributed by atoms with van der Waals surface area (Å²) in [6.07, 6.45) is 4.19. The molecule has 1 aromatic heterocycles. The zero-order valence-corrected chi connectivity index (χ0v) is 17.8. The standard InChI is InChI=1S/C23H26ClN3O2/c1-26-10-7-17(8-11-26)27(2)21-6-9-25-20-5-4-15(12-18(20)21)16-13-19(24)23(28)22(14-16)29-3/h4-6,9,12-14,17,28H,7-8,10-11H2,1-3H3. The van der Waals surface area contributed by atoms with Crippen LogP contribution in [0.3, 0.4) is 0 Å². The number of phenolic OH excluding ortho intramolecular Hbond substituents is 1. The van der Waals surface area contributed by atoms with Crippen LogP contribution in [0.4, 0.5) is 5.69 Å². The number of hydrogen-bond acceptors (Lipinski definition) is 5. The molecule has 0 aliphatic carbocycles. The number of aromatic hydroxyl groups is 1. The van der Waals surface area contributed by atoms with Crippen LogP contribution in [0, 0.1) is 0 Å². The van der Waals surface area contributed by atoms with E-state index in [-0.39, 0.29) is 10.8 Å². The first kappa shape index (κ1) is 19.8. The van der Waals surface area contributed by atoms with Gasteiger partial charge in [-0.2, -0.15) is 0 Å². The molecule has 2 heterocycles. The van der Waals surface area contributed by atoms with E-state index in [4.69, 9.17) is 16.3 Å². The van der Waals surface area contributed by atoms with Crippen LogP contribution >= 0.6 is 11.6 Å². The minimum absolute atomic E-state index is 0.0388. The lowest BCUT2D eigenvalue weighted by Crippen LogP contribution is -2.42. The molecule has 4 rings (SSSR count). The number of fused-ring (bicyclic) bond motifs is 1. The Balaban J connectivity index is 1.76. The second kappa shape index (κ2) is 8.09. The molecule has 0 radical (unpaired) electrons. The fraction of sp³-hybridized carbons (Fsp3) is 0.348. The number of benzene rings is 2. The second-order valence-electron chi connectivity index (χ2n) is 7.72. The fourth-order valence-corrected chi connectivity index (χ4v) is 4.30. The van der Waals surface area contributed by atoms with Gasteiger partial charge >= 0.3 is 0 Å². The molecule has 6 heteroatoms. The molecule has 1 saturated heterocycles. The Bertz CT molecular complexity index is 1030. The maximum absolute atomic E-state index is 10.0. The Labute approximate surface area is 176 Å². The van der Waals surface area contributed by atoms with Gasteiger partial charge in [-0.15, -0.1) is 0 Å². The van der Waals surface area contributed by atoms with E-state index in [2.05, 4.69) is 41.0 Å². The van der Waals surface area contributed by atoms with Crippen molar-refractivity contribution in [3.05, 3.63) is 47.6 Å². The van der Waals surface area contributed by atoms with Gasteiger partial charge in [0, 0.05) is 30.4 Å². The molecule has 1 aliphatic heterocycles. The Kier molecular flexibility index (Phi) is 5.52. The van der Waals surface area contributed by atoms with Crippen molar-refractivity contribution in [2.45, 2.75) is 18.9 Å². The van der Waals surface area contributed by atoms with Crippen molar-refractivity contribution in [2.75, 3.05) is 39.2 Å². The highest BCUT2D eigenvalue weighted by Crippen LogP contribution is 2.39. The number of rotatable bonds is 4. The summed E-state index contributed by atoms with van der Waals surface area (Å²) < 4.78 is 5.27. The zero-order chi connectivity index (χ0) is 20.5. The first-order chi connectivity index (χ1) is 14.0. The third-order valence-electron chi connectivity index (χ3n) is 5.92. The van der Waals surface area contributed by atoms with E-state index in [0.29, 0.717) is 11.8 Å². The predicted molar refractivity (Wildman–Crippen MR) is 119 cm³/mol. The van der Waals surface area contributed by atoms with Crippen molar-refractivity contribution in [2.24, 2.45) is 0 Å². The van der Waals surface area contributed by atoms with E-state index in [0.717, 1.165) is 48.0 Å². The minimum Gasteiger partial charge on any atom is -0.503 e. The van der Waals surface area contributed by atoms with E-state index in [1.807, 2.05) is 18.3 Å². The van der Waals surface area contributed by atoms with Gasteiger partial charge in [0.05, 0.1) is 17.6 Å². The number of likely N-dealkylation sites (tertiary alicyclic amines) is 1. The lowest BCUT2D eigenvalue weighted by Gasteiger charge is -2.36. The van der Waals surface area contributed by atoms with Crippen LogP contribution in [0.25, 0.3) is 22.0 Å². The maximum atomic E-state index is 10.0. The van der Waals surface area contributed by atoms with E-state index in [1.54, 1.807) is 12.1 Å². The molecule has 0 bridgehead atoms. The second-order valence-corrected chi connectivity index (χ2v) is 8.12. The summed E-state index contributed by atoms with van der Waals surface area (Å²) in [5.41, 5.74) is 4.04. The Morgan fingerprint density at radius 2 is 1.90 bits per heavy atom. The number of pyridine rings is 1. The lowest BCUT2D eigenvalue weighted by atomic mass is 10.00. The highest BCUT2D eigenvalue weighted by atomic mass is 35.5. The lowest BCUT2D eigenvalue weighted by molar-refractivity contribution is 0.253. The molecule has 152 valence electrons. The number of nitrogens with zero attached hydrogens (tertiary/aromatic N) is 3. The van der Waals surface area contributed by atoms with Gasteiger partial charge in [0.1, 0.15) is 0 Å². The number of aromatic nitrogens is 1. The van der Waals surface area contributed by atoms with Gasteiger partial charge in [-0.25, -0.2) is 0 Å². The summed E-state index contributed by atoms with van der Waals surface area (Å²) >= 11 is 6.21. The molecule has 0 spiro atoms. The molecule has 5 nitrogen and oxygen atoms in total. The van der Waals surface area contributed by atoms with Crippen LogP contribution in [-0.4, -0.2) is 55.3 Å². The van der Waals surface area contributed by atoms with Crippen LogP contribution in [-0.2, 0) is 0 Å². The Morgan fingerprint density at radius 1 is 1.14 bits per heavy atom. The number of ether oxygens (including phenoxy) is 1. The fourth-order valence-electron chi connectivity index (χ4n) is 4.09. The van der Waals surface area contributed by atoms with Crippen LogP contribution in [0.1, 0.15) is 12.8 Å². The normalized spacial score (nSPS) is 15.6. The third-order valence-corrected chi connectivity index (χ3v) is 6.20. The smallest absolute Gasteiger partial charge is 0.176 e. The quantitative estimate of drug-likeness (QED) is 0.668. The molecular formula is C23H26ClN3O2. The van der Waals surface area contributed by atoms with Gasteiger partial charge in [0.15, 0.2) is 11.5 Å². The monoisotopic (exact) mass is 411 g/mol. The van der Waals surface area contributed by atoms with Gasteiger partial charge in [0.2, 0.25) is 0 Å². The highest BCUT2D eigenvalue weighted by molar-refractivity contribution is 6.32. The molecule has 0 unspecified atom stereocenters. The Morgan fingerprint density at radius 3 is 2.62 bits per heavy atom. The summed E-state index contributed by atoms with van der Waals surface area (Å²) in [5, 5.41) is 11.4. The number of phenols is 1. The van der Waals surface area contributed by atoms with Crippen LogP contribution in [0.15, 0.2) is 42.6 Å². The van der Waals surface area contributed by atoms with Crippen LogP contribution in [0.2, 0.25) is 5.02 Å². The summed E-state index contributed by atoms with van der Waals surface area (Å²) in [4.78, 5) is 9.33. The van der Waals surface area contributed by atoms with Crippen molar-refractivity contribution >= 4 is 28.2 Å². The summed E-state index contributed by atoms with van der Waals surface area (Å²) in [6.45, 7) is 2.24. The van der Waals surface area contributed by atoms with Crippen LogP contribution in [0.5, 0.6) is 11.5 Å². The van der Waals surface area contributed by atoms with E-state index in [1.165, 1.54) is 12.8 Å². The molecule has 1 N–H and O–H groups in total. The van der Waals surface area contributed by atoms with Gasteiger partial charge in [-0.3, -0.25) is 4.98 Å². The molecule has 3 aromatic rings. The molecule has 29 heavy (non-hydrogen) atoms. The van der Waals surface area contributed by atoms with Gasteiger partial charge < -0.3 is 19.6 Å². The number of methoxy groups -OCH3 is 1. The summed E-state index contributed by atoms with van der Waals surface area (Å²) in [6, 6.07) is 12.4. The van der Waals surface area contributed by atoms with Gasteiger partial charge in [0.25, 0.3) is 0 Å². The van der Waals surface area contributed by atoms with E-state index < -0.39 is 0 Å². The van der Waals surface area contributed by atoms with E-state index in [9.17, 15) is 5.11 Å². The van der Waals surface area contributed by atoms with Crippen LogP contribution < -0.4 is 9.64 Å². The SMILES string of the molecule is COc1cc(-c2ccc3nccc(N(C)C4CCN(C)CC4)c3c2)cc(Cl)c1O. The molecule has 2 aromatic carbocycles. The van der Waals surface area contributed by atoms with Crippen molar-refractivity contribution in [1.29, 1.82) is 0 Å². The van der Waals surface area contributed by atoms with Crippen molar-refractivity contribution in [3.8, 4) is 22.6 Å². The summed E-state index contributed by atoms with van der Waals surface area (Å²) in [7, 11) is 5.88. The van der Waals surface area contributed by atoms with E-state index >= 15 is 0 Å². The number of anilines is 1. The van der Waals surface area contributed by atoms with Gasteiger partial charge in [-0.1, -0.05) is 17.7 Å². The zero-order valence-electron chi connectivity index (χ0n) is 17.0.